The first kappa shape index (κ1) is 14.6. The largest absolute Gasteiger partial charge is 0.0622 e. The van der Waals surface area contributed by atoms with E-state index in [1.54, 1.807) is 51.4 Å². The highest BCUT2D eigenvalue weighted by Gasteiger charge is 2.50. The fraction of sp³-hybridized carbons (Fsp3) is 1.00. The Balaban J connectivity index is 1.46. The normalized spacial score (nSPS) is 48.9. The summed E-state index contributed by atoms with van der Waals surface area (Å²) in [5.74, 6) is 8.78. The van der Waals surface area contributed by atoms with E-state index in [1.165, 1.54) is 19.3 Å². The van der Waals surface area contributed by atoms with Gasteiger partial charge in [0.2, 0.25) is 0 Å². The fourth-order valence-electron chi connectivity index (χ4n) is 7.43. The molecule has 0 aromatic rings. The zero-order valence-electron chi connectivity index (χ0n) is 14.4. The van der Waals surface area contributed by atoms with Gasteiger partial charge in [-0.2, -0.15) is 0 Å². The van der Waals surface area contributed by atoms with E-state index in [9.17, 15) is 0 Å². The topological polar surface area (TPSA) is 0 Å². The van der Waals surface area contributed by atoms with Crippen LogP contribution in [0.5, 0.6) is 0 Å². The zero-order valence-corrected chi connectivity index (χ0v) is 14.4. The maximum Gasteiger partial charge on any atom is -0.0326 e. The van der Waals surface area contributed by atoms with Crippen molar-refractivity contribution in [2.75, 3.05) is 0 Å². The van der Waals surface area contributed by atoms with Crippen LogP contribution < -0.4 is 0 Å². The Bertz CT molecular complexity index is 345. The lowest BCUT2D eigenvalue weighted by molar-refractivity contribution is 0.0245. The average molecular weight is 289 g/mol. The van der Waals surface area contributed by atoms with Crippen molar-refractivity contribution in [1.29, 1.82) is 0 Å². The van der Waals surface area contributed by atoms with Crippen molar-refractivity contribution < 1.29 is 0 Å². The maximum atomic E-state index is 2.64. The van der Waals surface area contributed by atoms with Gasteiger partial charge < -0.3 is 0 Å². The minimum absolute atomic E-state index is 1.03. The van der Waals surface area contributed by atoms with Crippen molar-refractivity contribution in [1.82, 2.24) is 0 Å². The van der Waals surface area contributed by atoms with Gasteiger partial charge in [-0.3, -0.25) is 0 Å². The second-order valence-electron chi connectivity index (χ2n) is 9.39. The van der Waals surface area contributed by atoms with Crippen LogP contribution in [-0.4, -0.2) is 0 Å². The Labute approximate surface area is 132 Å². The minimum Gasteiger partial charge on any atom is -0.0622 e. The molecule has 4 rings (SSSR count). The SMILES string of the molecule is CC1CC2CC(C(C)C3CCCCC3)CC3CCCC1C32. The van der Waals surface area contributed by atoms with Crippen LogP contribution in [0.1, 0.15) is 84.5 Å². The number of hydrogen-bond acceptors (Lipinski definition) is 0. The molecule has 0 N–H and O–H groups in total. The lowest BCUT2D eigenvalue weighted by Crippen LogP contribution is -2.39. The van der Waals surface area contributed by atoms with Crippen molar-refractivity contribution in [3.63, 3.8) is 0 Å². The summed E-state index contributed by atoms with van der Waals surface area (Å²) in [7, 11) is 0. The van der Waals surface area contributed by atoms with Crippen LogP contribution >= 0.6 is 0 Å². The standard InChI is InChI=1S/C21H36/c1-14-11-19-13-18(15(2)16-7-4-3-5-8-16)12-17-9-6-10-20(14)21(17)19/h14-21H,3-13H2,1-2H3. The molecule has 4 saturated carbocycles. The van der Waals surface area contributed by atoms with Gasteiger partial charge in [-0.1, -0.05) is 58.8 Å². The van der Waals surface area contributed by atoms with Gasteiger partial charge >= 0.3 is 0 Å². The summed E-state index contributed by atoms with van der Waals surface area (Å²) in [6.07, 6.45) is 17.2. The Morgan fingerprint density at radius 1 is 0.714 bits per heavy atom. The highest BCUT2D eigenvalue weighted by Crippen LogP contribution is 2.59. The van der Waals surface area contributed by atoms with Gasteiger partial charge in [0.25, 0.3) is 0 Å². The molecule has 0 nitrogen and oxygen atoms in total. The maximum absolute atomic E-state index is 2.64. The Kier molecular flexibility index (Phi) is 4.09. The van der Waals surface area contributed by atoms with Gasteiger partial charge in [0, 0.05) is 0 Å². The highest BCUT2D eigenvalue weighted by atomic mass is 14.6. The molecule has 0 spiro atoms. The molecule has 4 aliphatic carbocycles. The van der Waals surface area contributed by atoms with E-state index in [2.05, 4.69) is 13.8 Å². The fourth-order valence-corrected chi connectivity index (χ4v) is 7.43. The summed E-state index contributed by atoms with van der Waals surface area (Å²) < 4.78 is 0. The molecule has 0 aliphatic heterocycles. The third kappa shape index (κ3) is 2.59. The Morgan fingerprint density at radius 2 is 1.48 bits per heavy atom. The molecule has 0 aromatic carbocycles. The lowest BCUT2D eigenvalue weighted by Gasteiger charge is -2.47. The van der Waals surface area contributed by atoms with Gasteiger partial charge in [-0.15, -0.1) is 0 Å². The van der Waals surface area contributed by atoms with Crippen molar-refractivity contribution in [2.24, 2.45) is 47.3 Å². The molecule has 21 heavy (non-hydrogen) atoms. The van der Waals surface area contributed by atoms with Crippen molar-refractivity contribution in [3.05, 3.63) is 0 Å². The summed E-state index contributed by atoms with van der Waals surface area (Å²) in [5, 5.41) is 0. The molecule has 0 saturated heterocycles. The first-order valence-electron chi connectivity index (χ1n) is 10.2. The van der Waals surface area contributed by atoms with Crippen LogP contribution in [0.25, 0.3) is 0 Å². The summed E-state index contributed by atoms with van der Waals surface area (Å²) >= 11 is 0. The highest BCUT2D eigenvalue weighted by molar-refractivity contribution is 5.00. The van der Waals surface area contributed by atoms with Crippen molar-refractivity contribution in [3.8, 4) is 0 Å². The van der Waals surface area contributed by atoms with Gasteiger partial charge in [-0.25, -0.2) is 0 Å². The first-order chi connectivity index (χ1) is 10.2. The second-order valence-corrected chi connectivity index (χ2v) is 9.39. The molecular formula is C21H36. The van der Waals surface area contributed by atoms with Crippen LogP contribution in [0, 0.1) is 47.3 Å². The van der Waals surface area contributed by atoms with Crippen LogP contribution in [0.15, 0.2) is 0 Å². The summed E-state index contributed by atoms with van der Waals surface area (Å²) in [4.78, 5) is 0. The average Bonchev–Trinajstić information content (AvgIpc) is 2.85. The van der Waals surface area contributed by atoms with E-state index in [0.29, 0.717) is 0 Å². The van der Waals surface area contributed by atoms with E-state index in [-0.39, 0.29) is 0 Å². The molecule has 4 fully saturated rings. The van der Waals surface area contributed by atoms with E-state index in [1.807, 2.05) is 0 Å². The van der Waals surface area contributed by atoms with Gasteiger partial charge in [0.15, 0.2) is 0 Å². The van der Waals surface area contributed by atoms with E-state index < -0.39 is 0 Å². The van der Waals surface area contributed by atoms with Crippen molar-refractivity contribution >= 4 is 0 Å². The van der Waals surface area contributed by atoms with E-state index in [0.717, 1.165) is 47.3 Å². The second kappa shape index (κ2) is 5.89. The smallest absolute Gasteiger partial charge is 0.0326 e. The predicted molar refractivity (Wildman–Crippen MR) is 90.1 cm³/mol. The van der Waals surface area contributed by atoms with Crippen LogP contribution in [0.4, 0.5) is 0 Å². The van der Waals surface area contributed by atoms with Crippen LogP contribution in [0.2, 0.25) is 0 Å². The lowest BCUT2D eigenvalue weighted by atomic mass is 9.58. The zero-order chi connectivity index (χ0) is 14.4. The van der Waals surface area contributed by atoms with E-state index >= 15 is 0 Å². The molecule has 0 heterocycles. The quantitative estimate of drug-likeness (QED) is 0.559. The summed E-state index contributed by atoms with van der Waals surface area (Å²) in [5.41, 5.74) is 0. The predicted octanol–water partition coefficient (Wildman–Crippen LogP) is 6.30. The first-order valence-corrected chi connectivity index (χ1v) is 10.2. The molecule has 0 radical (unpaired) electrons. The summed E-state index contributed by atoms with van der Waals surface area (Å²) in [6.45, 7) is 5.21. The molecule has 0 aromatic heterocycles. The van der Waals surface area contributed by atoms with Crippen molar-refractivity contribution in [2.45, 2.75) is 84.5 Å². The molecule has 7 atom stereocenters. The molecule has 0 bridgehead atoms. The molecule has 0 amide bonds. The van der Waals surface area contributed by atoms with Crippen LogP contribution in [-0.2, 0) is 0 Å². The third-order valence-electron chi connectivity index (χ3n) is 8.45. The molecule has 120 valence electrons. The summed E-state index contributed by atoms with van der Waals surface area (Å²) in [6, 6.07) is 0. The number of rotatable bonds is 2. The molecule has 4 aliphatic rings. The van der Waals surface area contributed by atoms with Gasteiger partial charge in [-0.05, 0) is 73.0 Å². The van der Waals surface area contributed by atoms with Gasteiger partial charge in [0.05, 0.1) is 0 Å². The molecular weight excluding hydrogens is 252 g/mol. The van der Waals surface area contributed by atoms with Gasteiger partial charge in [0.1, 0.15) is 0 Å². The van der Waals surface area contributed by atoms with E-state index in [4.69, 9.17) is 0 Å². The minimum atomic E-state index is 1.03. The Morgan fingerprint density at radius 3 is 2.29 bits per heavy atom. The molecule has 0 heteroatoms. The number of hydrogen-bond donors (Lipinski definition) is 0. The van der Waals surface area contributed by atoms with Crippen LogP contribution in [0.3, 0.4) is 0 Å². The monoisotopic (exact) mass is 288 g/mol. The third-order valence-corrected chi connectivity index (χ3v) is 8.45. The Hall–Kier alpha value is 0. The molecule has 7 unspecified atom stereocenters.